The molecule has 2 aliphatic rings. The fourth-order valence-electron chi connectivity index (χ4n) is 1.87. The summed E-state index contributed by atoms with van der Waals surface area (Å²) in [4.78, 5) is 11.6. The molecule has 2 fully saturated rings. The van der Waals surface area contributed by atoms with Gasteiger partial charge in [0.05, 0.1) is 12.1 Å². The lowest BCUT2D eigenvalue weighted by Crippen LogP contribution is -2.45. The first-order valence-corrected chi connectivity index (χ1v) is 6.72. The molecule has 1 amide bonds. The Morgan fingerprint density at radius 2 is 2.38 bits per heavy atom. The van der Waals surface area contributed by atoms with Crippen LogP contribution in [0.4, 0.5) is 0 Å². The Kier molecular flexibility index (Phi) is 6.49. The van der Waals surface area contributed by atoms with Crippen LogP contribution in [0.2, 0.25) is 0 Å². The van der Waals surface area contributed by atoms with Gasteiger partial charge in [-0.25, -0.2) is 0 Å². The average molecular weight is 267 g/mol. The van der Waals surface area contributed by atoms with Crippen molar-refractivity contribution in [1.82, 2.24) is 10.6 Å². The van der Waals surface area contributed by atoms with Crippen LogP contribution >= 0.6 is 24.2 Å². The topological polar surface area (TPSA) is 50.4 Å². The maximum Gasteiger partial charge on any atom is 0.238 e. The zero-order chi connectivity index (χ0) is 10.5. The highest BCUT2D eigenvalue weighted by Crippen LogP contribution is 2.12. The van der Waals surface area contributed by atoms with E-state index < -0.39 is 0 Å². The van der Waals surface area contributed by atoms with E-state index >= 15 is 0 Å². The van der Waals surface area contributed by atoms with Gasteiger partial charge in [0.2, 0.25) is 5.91 Å². The molecular formula is C10H19ClN2O2S. The van der Waals surface area contributed by atoms with Crippen molar-refractivity contribution in [2.45, 2.75) is 31.4 Å². The number of rotatable bonds is 3. The van der Waals surface area contributed by atoms with Crippen molar-refractivity contribution < 1.29 is 9.53 Å². The molecule has 2 heterocycles. The number of nitrogens with one attached hydrogen (secondary N) is 2. The van der Waals surface area contributed by atoms with Crippen LogP contribution in [-0.4, -0.2) is 42.8 Å². The van der Waals surface area contributed by atoms with Gasteiger partial charge < -0.3 is 10.1 Å². The van der Waals surface area contributed by atoms with E-state index in [1.165, 1.54) is 6.42 Å². The number of hydrogen-bond acceptors (Lipinski definition) is 4. The van der Waals surface area contributed by atoms with Gasteiger partial charge >= 0.3 is 0 Å². The monoisotopic (exact) mass is 266 g/mol. The van der Waals surface area contributed by atoms with E-state index in [2.05, 4.69) is 10.6 Å². The first-order valence-electron chi connectivity index (χ1n) is 5.57. The molecule has 16 heavy (non-hydrogen) atoms. The van der Waals surface area contributed by atoms with E-state index in [9.17, 15) is 4.79 Å². The third kappa shape index (κ3) is 4.13. The minimum Gasteiger partial charge on any atom is -0.376 e. The van der Waals surface area contributed by atoms with E-state index in [0.29, 0.717) is 6.54 Å². The molecule has 0 spiro atoms. The molecule has 2 saturated heterocycles. The molecule has 94 valence electrons. The number of amides is 1. The van der Waals surface area contributed by atoms with Crippen molar-refractivity contribution in [3.63, 3.8) is 0 Å². The summed E-state index contributed by atoms with van der Waals surface area (Å²) in [6.45, 7) is 1.51. The second-order valence-corrected chi connectivity index (χ2v) is 5.04. The number of ether oxygens (including phenoxy) is 1. The minimum atomic E-state index is -0.00131. The van der Waals surface area contributed by atoms with Gasteiger partial charge in [-0.3, -0.25) is 10.1 Å². The smallest absolute Gasteiger partial charge is 0.238 e. The molecule has 2 unspecified atom stereocenters. The van der Waals surface area contributed by atoms with Crippen LogP contribution in [0.5, 0.6) is 0 Å². The Balaban J connectivity index is 0.00000128. The zero-order valence-electron chi connectivity index (χ0n) is 9.24. The van der Waals surface area contributed by atoms with Crippen molar-refractivity contribution in [3.8, 4) is 0 Å². The normalized spacial score (nSPS) is 29.5. The van der Waals surface area contributed by atoms with E-state index in [0.717, 1.165) is 31.1 Å². The second kappa shape index (κ2) is 7.37. The number of halogens is 1. The molecule has 2 N–H and O–H groups in total. The Labute approximate surface area is 107 Å². The summed E-state index contributed by atoms with van der Waals surface area (Å²) < 4.78 is 5.55. The predicted octanol–water partition coefficient (Wildman–Crippen LogP) is 0.756. The molecule has 0 saturated carbocycles. The van der Waals surface area contributed by atoms with Gasteiger partial charge in [0.25, 0.3) is 0 Å². The highest BCUT2D eigenvalue weighted by Gasteiger charge is 2.23. The van der Waals surface area contributed by atoms with Gasteiger partial charge in [-0.15, -0.1) is 24.2 Å². The van der Waals surface area contributed by atoms with Crippen LogP contribution in [0, 0.1) is 0 Å². The lowest BCUT2D eigenvalue weighted by molar-refractivity contribution is -0.123. The van der Waals surface area contributed by atoms with Gasteiger partial charge in [-0.2, -0.15) is 0 Å². The largest absolute Gasteiger partial charge is 0.376 e. The van der Waals surface area contributed by atoms with Crippen LogP contribution < -0.4 is 10.6 Å². The molecule has 6 heteroatoms. The third-order valence-corrected chi connectivity index (χ3v) is 3.75. The molecular weight excluding hydrogens is 248 g/mol. The quantitative estimate of drug-likeness (QED) is 0.792. The van der Waals surface area contributed by atoms with Gasteiger partial charge in [-0.1, -0.05) is 0 Å². The van der Waals surface area contributed by atoms with E-state index in [-0.39, 0.29) is 30.5 Å². The Morgan fingerprint density at radius 1 is 1.50 bits per heavy atom. The predicted molar refractivity (Wildman–Crippen MR) is 68.1 cm³/mol. The third-order valence-electron chi connectivity index (χ3n) is 2.81. The summed E-state index contributed by atoms with van der Waals surface area (Å²) in [5.74, 6) is 1.89. The number of carbonyl (C=O) groups is 1. The molecule has 0 aliphatic carbocycles. The average Bonchev–Trinajstić information content (AvgIpc) is 2.81. The van der Waals surface area contributed by atoms with Crippen LogP contribution in [0.1, 0.15) is 19.3 Å². The summed E-state index contributed by atoms with van der Waals surface area (Å²) in [6, 6.07) is -0.00131. The second-order valence-electron chi connectivity index (χ2n) is 4.01. The van der Waals surface area contributed by atoms with Crippen LogP contribution in [-0.2, 0) is 9.53 Å². The number of hydrogen-bond donors (Lipinski definition) is 2. The van der Waals surface area contributed by atoms with Crippen molar-refractivity contribution in [3.05, 3.63) is 0 Å². The number of thioether (sulfide) groups is 1. The van der Waals surface area contributed by atoms with Gasteiger partial charge in [0.15, 0.2) is 0 Å². The molecule has 0 aromatic carbocycles. The lowest BCUT2D eigenvalue weighted by atomic mass is 10.1. The summed E-state index contributed by atoms with van der Waals surface area (Å²) >= 11 is 1.77. The van der Waals surface area contributed by atoms with Gasteiger partial charge in [-0.05, 0) is 19.3 Å². The van der Waals surface area contributed by atoms with Crippen molar-refractivity contribution in [2.24, 2.45) is 0 Å². The molecule has 0 aromatic heterocycles. The van der Waals surface area contributed by atoms with Crippen LogP contribution in [0.25, 0.3) is 0 Å². The van der Waals surface area contributed by atoms with Gasteiger partial charge in [0, 0.05) is 24.8 Å². The Hall–Kier alpha value is 0.0300. The Bertz CT molecular complexity index is 219. The highest BCUT2D eigenvalue weighted by atomic mass is 35.5. The molecule has 4 nitrogen and oxygen atoms in total. The van der Waals surface area contributed by atoms with Crippen LogP contribution in [0.15, 0.2) is 0 Å². The molecule has 2 rings (SSSR count). The fraction of sp³-hybridized carbons (Fsp3) is 0.900. The van der Waals surface area contributed by atoms with Crippen molar-refractivity contribution >= 4 is 30.1 Å². The molecule has 0 aromatic rings. The molecule has 2 atom stereocenters. The minimum absolute atomic E-state index is 0. The lowest BCUT2D eigenvalue weighted by Gasteiger charge is -2.23. The molecule has 0 bridgehead atoms. The standard InChI is InChI=1S/C10H18N2O2S.ClH/c13-10(9-6-15-7-12-9)11-5-8-3-1-2-4-14-8;/h8-9,12H,1-7H2,(H,11,13);1H. The van der Waals surface area contributed by atoms with Crippen LogP contribution in [0.3, 0.4) is 0 Å². The van der Waals surface area contributed by atoms with E-state index in [4.69, 9.17) is 4.74 Å². The van der Waals surface area contributed by atoms with Crippen molar-refractivity contribution in [1.29, 1.82) is 0 Å². The Morgan fingerprint density at radius 3 is 3.00 bits per heavy atom. The maximum absolute atomic E-state index is 11.6. The zero-order valence-corrected chi connectivity index (χ0v) is 10.9. The van der Waals surface area contributed by atoms with Gasteiger partial charge in [0.1, 0.15) is 0 Å². The van der Waals surface area contributed by atoms with Crippen molar-refractivity contribution in [2.75, 3.05) is 24.8 Å². The summed E-state index contributed by atoms with van der Waals surface area (Å²) in [6.07, 6.45) is 3.69. The molecule has 2 aliphatic heterocycles. The van der Waals surface area contributed by atoms with E-state index in [1.54, 1.807) is 11.8 Å². The first-order chi connectivity index (χ1) is 7.36. The number of carbonyl (C=O) groups excluding carboxylic acids is 1. The fourth-order valence-corrected chi connectivity index (χ4v) is 2.81. The highest BCUT2D eigenvalue weighted by molar-refractivity contribution is 7.99. The molecule has 0 radical (unpaired) electrons. The first kappa shape index (κ1) is 14.1. The summed E-state index contributed by atoms with van der Waals surface area (Å²) in [7, 11) is 0. The SMILES string of the molecule is Cl.O=C(NCC1CCCCO1)C1CSCN1. The summed E-state index contributed by atoms with van der Waals surface area (Å²) in [5, 5.41) is 6.11. The summed E-state index contributed by atoms with van der Waals surface area (Å²) in [5.41, 5.74) is 0. The maximum atomic E-state index is 11.6. The van der Waals surface area contributed by atoms with E-state index in [1.807, 2.05) is 0 Å².